The maximum absolute atomic E-state index is 12.3. The Hall–Kier alpha value is -1.58. The molecule has 4 heteroatoms. The summed E-state index contributed by atoms with van der Waals surface area (Å²) in [7, 11) is 1.39. The van der Waals surface area contributed by atoms with Gasteiger partial charge in [-0.05, 0) is 51.4 Å². The molecule has 1 aliphatic rings. The number of ether oxygens (including phenoxy) is 1. The summed E-state index contributed by atoms with van der Waals surface area (Å²) >= 11 is 0. The smallest absolute Gasteiger partial charge is 0.328 e. The minimum Gasteiger partial charge on any atom is -0.467 e. The van der Waals surface area contributed by atoms with Crippen LogP contribution in [0.15, 0.2) is 24.3 Å². The van der Waals surface area contributed by atoms with E-state index in [1.54, 1.807) is 4.90 Å². The van der Waals surface area contributed by atoms with Crippen LogP contribution in [-0.2, 0) is 14.3 Å². The molecule has 1 rings (SSSR count). The van der Waals surface area contributed by atoms with Crippen LogP contribution in [-0.4, -0.2) is 36.5 Å². The molecule has 1 aliphatic heterocycles. The first-order valence-electron chi connectivity index (χ1n) is 11.4. The van der Waals surface area contributed by atoms with Crippen LogP contribution in [0, 0.1) is 0 Å². The zero-order valence-corrected chi connectivity index (χ0v) is 18.2. The average Bonchev–Trinajstić information content (AvgIpc) is 3.20. The highest BCUT2D eigenvalue weighted by molar-refractivity contribution is 5.85. The van der Waals surface area contributed by atoms with Gasteiger partial charge in [-0.3, -0.25) is 4.79 Å². The summed E-state index contributed by atoms with van der Waals surface area (Å²) in [4.78, 5) is 25.7. The van der Waals surface area contributed by atoms with Crippen LogP contribution in [0.3, 0.4) is 0 Å². The molecule has 4 nitrogen and oxygen atoms in total. The van der Waals surface area contributed by atoms with E-state index in [1.165, 1.54) is 52.1 Å². The lowest BCUT2D eigenvalue weighted by molar-refractivity contribution is -0.151. The molecule has 0 spiro atoms. The highest BCUT2D eigenvalue weighted by Gasteiger charge is 2.34. The van der Waals surface area contributed by atoms with Crippen molar-refractivity contribution in [3.05, 3.63) is 24.3 Å². The van der Waals surface area contributed by atoms with Gasteiger partial charge in [-0.25, -0.2) is 4.79 Å². The first-order chi connectivity index (χ1) is 13.7. The second-order valence-electron chi connectivity index (χ2n) is 7.75. The van der Waals surface area contributed by atoms with Gasteiger partial charge in [0.15, 0.2) is 0 Å². The molecule has 1 saturated heterocycles. The van der Waals surface area contributed by atoms with Crippen LogP contribution in [0.2, 0.25) is 0 Å². The molecule has 1 fully saturated rings. The third-order valence-corrected chi connectivity index (χ3v) is 5.39. The normalized spacial score (nSPS) is 17.1. The summed E-state index contributed by atoms with van der Waals surface area (Å²) < 4.78 is 4.80. The summed E-state index contributed by atoms with van der Waals surface area (Å²) in [5.41, 5.74) is 0. The summed E-state index contributed by atoms with van der Waals surface area (Å²) in [6.45, 7) is 2.93. The number of methoxy groups -OCH3 is 1. The number of carbonyl (C=O) groups excluding carboxylic acids is 2. The fraction of sp³-hybridized carbons (Fsp3) is 0.750. The van der Waals surface area contributed by atoms with Crippen molar-refractivity contribution in [2.45, 2.75) is 103 Å². The molecule has 0 N–H and O–H groups in total. The zero-order valence-electron chi connectivity index (χ0n) is 18.2. The zero-order chi connectivity index (χ0) is 20.5. The van der Waals surface area contributed by atoms with Crippen molar-refractivity contribution in [3.8, 4) is 0 Å². The standard InChI is InChI=1S/C24H41NO3/c1-3-4-5-6-7-8-9-10-11-12-13-14-15-16-17-20-23(26)25-21-18-19-22(25)24(27)28-2/h7-8,10-11,22H,3-6,9,12-21H2,1-2H3. The Labute approximate surface area is 172 Å². The van der Waals surface area contributed by atoms with Gasteiger partial charge in [0.2, 0.25) is 5.91 Å². The van der Waals surface area contributed by atoms with E-state index in [-0.39, 0.29) is 17.9 Å². The Bertz CT molecular complexity index is 484. The lowest BCUT2D eigenvalue weighted by Crippen LogP contribution is -2.40. The predicted octanol–water partition coefficient (Wildman–Crippen LogP) is 5.96. The first-order valence-corrected chi connectivity index (χ1v) is 11.4. The number of nitrogens with zero attached hydrogens (tertiary/aromatic N) is 1. The number of hydrogen-bond acceptors (Lipinski definition) is 3. The second-order valence-corrected chi connectivity index (χ2v) is 7.75. The Morgan fingerprint density at radius 1 is 0.929 bits per heavy atom. The average molecular weight is 392 g/mol. The van der Waals surface area contributed by atoms with Crippen molar-refractivity contribution in [2.24, 2.45) is 0 Å². The summed E-state index contributed by atoms with van der Waals surface area (Å²) in [6, 6.07) is -0.351. The van der Waals surface area contributed by atoms with Gasteiger partial charge >= 0.3 is 5.97 Å². The van der Waals surface area contributed by atoms with E-state index in [1.807, 2.05) is 0 Å². The number of rotatable bonds is 15. The topological polar surface area (TPSA) is 46.6 Å². The van der Waals surface area contributed by atoms with Crippen LogP contribution in [0.4, 0.5) is 0 Å². The van der Waals surface area contributed by atoms with Crippen molar-refractivity contribution < 1.29 is 14.3 Å². The predicted molar refractivity (Wildman–Crippen MR) is 116 cm³/mol. The number of amides is 1. The molecule has 1 atom stereocenters. The minimum absolute atomic E-state index is 0.110. The largest absolute Gasteiger partial charge is 0.467 e. The van der Waals surface area contributed by atoms with Crippen molar-refractivity contribution in [3.63, 3.8) is 0 Å². The van der Waals surface area contributed by atoms with Gasteiger partial charge in [0.1, 0.15) is 6.04 Å². The molecule has 1 amide bonds. The van der Waals surface area contributed by atoms with E-state index >= 15 is 0 Å². The molecule has 1 unspecified atom stereocenters. The number of esters is 1. The molecule has 0 aromatic heterocycles. The maximum atomic E-state index is 12.3. The van der Waals surface area contributed by atoms with E-state index in [2.05, 4.69) is 31.2 Å². The highest BCUT2D eigenvalue weighted by Crippen LogP contribution is 2.20. The third-order valence-electron chi connectivity index (χ3n) is 5.39. The van der Waals surface area contributed by atoms with Crippen molar-refractivity contribution in [1.82, 2.24) is 4.90 Å². The molecule has 28 heavy (non-hydrogen) atoms. The van der Waals surface area contributed by atoms with Crippen LogP contribution in [0.25, 0.3) is 0 Å². The molecular formula is C24H41NO3. The maximum Gasteiger partial charge on any atom is 0.328 e. The van der Waals surface area contributed by atoms with Gasteiger partial charge < -0.3 is 9.64 Å². The summed E-state index contributed by atoms with van der Waals surface area (Å²) in [5.74, 6) is -0.163. The van der Waals surface area contributed by atoms with Crippen LogP contribution >= 0.6 is 0 Å². The molecular weight excluding hydrogens is 350 g/mol. The SMILES string of the molecule is CCCCCC=CCC=CCCCCCCCC(=O)N1CCCC1C(=O)OC. The Morgan fingerprint density at radius 3 is 2.25 bits per heavy atom. The fourth-order valence-electron chi connectivity index (χ4n) is 3.68. The van der Waals surface area contributed by atoms with Crippen molar-refractivity contribution >= 4 is 11.9 Å². The molecule has 0 aromatic carbocycles. The molecule has 0 bridgehead atoms. The summed E-state index contributed by atoms with van der Waals surface area (Å²) in [5, 5.41) is 0. The van der Waals surface area contributed by atoms with Gasteiger partial charge in [-0.2, -0.15) is 0 Å². The number of unbranched alkanes of at least 4 members (excludes halogenated alkanes) is 8. The lowest BCUT2D eigenvalue weighted by Gasteiger charge is -2.22. The van der Waals surface area contributed by atoms with E-state index in [4.69, 9.17) is 4.74 Å². The minimum atomic E-state index is -0.351. The Balaban J connectivity index is 1.97. The molecule has 0 saturated carbocycles. The van der Waals surface area contributed by atoms with Gasteiger partial charge in [-0.15, -0.1) is 0 Å². The van der Waals surface area contributed by atoms with Gasteiger partial charge in [0.25, 0.3) is 0 Å². The second kappa shape index (κ2) is 16.4. The van der Waals surface area contributed by atoms with Crippen LogP contribution < -0.4 is 0 Å². The van der Waals surface area contributed by atoms with Gasteiger partial charge in [0.05, 0.1) is 7.11 Å². The highest BCUT2D eigenvalue weighted by atomic mass is 16.5. The number of hydrogen-bond donors (Lipinski definition) is 0. The Kier molecular flexibility index (Phi) is 14.3. The molecule has 0 aliphatic carbocycles. The van der Waals surface area contributed by atoms with E-state index in [9.17, 15) is 9.59 Å². The van der Waals surface area contributed by atoms with Gasteiger partial charge in [-0.1, -0.05) is 63.3 Å². The van der Waals surface area contributed by atoms with Crippen LogP contribution in [0.5, 0.6) is 0 Å². The first kappa shape index (κ1) is 24.5. The van der Waals surface area contributed by atoms with Crippen molar-refractivity contribution in [1.29, 1.82) is 0 Å². The van der Waals surface area contributed by atoms with E-state index in [0.29, 0.717) is 13.0 Å². The number of allylic oxidation sites excluding steroid dienone is 4. The molecule has 0 aromatic rings. The third kappa shape index (κ3) is 10.7. The molecule has 0 radical (unpaired) electrons. The van der Waals surface area contributed by atoms with E-state index in [0.717, 1.165) is 38.5 Å². The summed E-state index contributed by atoms with van der Waals surface area (Å²) in [6.07, 6.45) is 24.3. The Morgan fingerprint density at radius 2 is 1.57 bits per heavy atom. The van der Waals surface area contributed by atoms with Gasteiger partial charge in [0, 0.05) is 13.0 Å². The fourth-order valence-corrected chi connectivity index (χ4v) is 3.68. The molecule has 160 valence electrons. The van der Waals surface area contributed by atoms with Crippen molar-refractivity contribution in [2.75, 3.05) is 13.7 Å². The lowest BCUT2D eigenvalue weighted by atomic mass is 10.1. The van der Waals surface area contributed by atoms with E-state index < -0.39 is 0 Å². The van der Waals surface area contributed by atoms with Crippen LogP contribution in [0.1, 0.15) is 96.8 Å². The number of carbonyl (C=O) groups is 2. The molecule has 1 heterocycles. The number of likely N-dealkylation sites (tertiary alicyclic amines) is 1. The quantitative estimate of drug-likeness (QED) is 0.196. The monoisotopic (exact) mass is 391 g/mol.